The van der Waals surface area contributed by atoms with E-state index in [0.29, 0.717) is 11.8 Å². The van der Waals surface area contributed by atoms with Crippen molar-refractivity contribution in [3.63, 3.8) is 0 Å². The number of nitrogen functional groups attached to an aromatic ring is 1. The highest BCUT2D eigenvalue weighted by Crippen LogP contribution is 2.19. The van der Waals surface area contributed by atoms with Crippen LogP contribution in [0.2, 0.25) is 0 Å². The van der Waals surface area contributed by atoms with Gasteiger partial charge in [0.2, 0.25) is 5.95 Å². The van der Waals surface area contributed by atoms with Gasteiger partial charge in [0.05, 0.1) is 0 Å². The molecule has 0 amide bonds. The summed E-state index contributed by atoms with van der Waals surface area (Å²) in [6.07, 6.45) is 3.53. The average molecular weight is 225 g/mol. The van der Waals surface area contributed by atoms with Crippen LogP contribution in [-0.4, -0.2) is 15.0 Å². The van der Waals surface area contributed by atoms with E-state index < -0.39 is 0 Å². The Kier molecular flexibility index (Phi) is 2.15. The van der Waals surface area contributed by atoms with Crippen LogP contribution in [0, 0.1) is 0 Å². The Morgan fingerprint density at radius 3 is 3.00 bits per heavy atom. The van der Waals surface area contributed by atoms with Crippen molar-refractivity contribution >= 4 is 28.4 Å². The predicted molar refractivity (Wildman–Crippen MR) is 68.0 cm³/mol. The van der Waals surface area contributed by atoms with Gasteiger partial charge in [-0.3, -0.25) is 0 Å². The summed E-state index contributed by atoms with van der Waals surface area (Å²) in [5, 5.41) is 4.27. The van der Waals surface area contributed by atoms with Gasteiger partial charge in [-0.2, -0.15) is 4.98 Å². The maximum atomic E-state index is 5.59. The fraction of sp³-hybridized carbons (Fsp3) is 0. The Morgan fingerprint density at radius 2 is 2.12 bits per heavy atom. The summed E-state index contributed by atoms with van der Waals surface area (Å²) in [4.78, 5) is 11.3. The molecule has 0 atom stereocenters. The molecule has 5 heteroatoms. The van der Waals surface area contributed by atoms with E-state index in [1.807, 2.05) is 30.5 Å². The molecule has 0 saturated carbocycles. The molecule has 5 nitrogen and oxygen atoms in total. The molecule has 17 heavy (non-hydrogen) atoms. The molecule has 0 unspecified atom stereocenters. The number of nitrogens with zero attached hydrogens (tertiary/aromatic N) is 2. The molecule has 0 aliphatic carbocycles. The van der Waals surface area contributed by atoms with Gasteiger partial charge in [0.25, 0.3) is 0 Å². The molecule has 3 rings (SSSR count). The van der Waals surface area contributed by atoms with Crippen LogP contribution in [0.15, 0.2) is 42.7 Å². The Labute approximate surface area is 97.7 Å². The van der Waals surface area contributed by atoms with Gasteiger partial charge in [0.1, 0.15) is 5.82 Å². The lowest BCUT2D eigenvalue weighted by Gasteiger charge is -2.04. The third-order valence-electron chi connectivity index (χ3n) is 2.49. The van der Waals surface area contributed by atoms with E-state index in [4.69, 9.17) is 5.73 Å². The molecule has 4 N–H and O–H groups in total. The fourth-order valence-electron chi connectivity index (χ4n) is 1.69. The summed E-state index contributed by atoms with van der Waals surface area (Å²) in [6, 6.07) is 9.68. The fourth-order valence-corrected chi connectivity index (χ4v) is 1.69. The third kappa shape index (κ3) is 1.90. The number of benzene rings is 1. The quantitative estimate of drug-likeness (QED) is 0.625. The molecule has 0 radical (unpaired) electrons. The lowest BCUT2D eigenvalue weighted by atomic mass is 10.2. The number of hydrogen-bond donors (Lipinski definition) is 3. The standard InChI is InChI=1S/C12H11N5/c13-11-4-6-15-12(17-11)16-9-2-1-8-3-5-14-10(8)7-9/h1-7,14H,(H3,13,15,16,17). The van der Waals surface area contributed by atoms with E-state index in [1.54, 1.807) is 12.3 Å². The normalized spacial score (nSPS) is 10.6. The lowest BCUT2D eigenvalue weighted by Crippen LogP contribution is -1.99. The molecule has 1 aromatic carbocycles. The van der Waals surface area contributed by atoms with E-state index in [9.17, 15) is 0 Å². The maximum Gasteiger partial charge on any atom is 0.229 e. The number of hydrogen-bond acceptors (Lipinski definition) is 4. The van der Waals surface area contributed by atoms with Crippen LogP contribution < -0.4 is 11.1 Å². The number of rotatable bonds is 2. The van der Waals surface area contributed by atoms with E-state index in [-0.39, 0.29) is 0 Å². The first-order valence-corrected chi connectivity index (χ1v) is 5.24. The zero-order chi connectivity index (χ0) is 11.7. The maximum absolute atomic E-state index is 5.59. The van der Waals surface area contributed by atoms with Gasteiger partial charge in [-0.25, -0.2) is 4.98 Å². The summed E-state index contributed by atoms with van der Waals surface area (Å²) in [6.45, 7) is 0. The Balaban J connectivity index is 1.94. The third-order valence-corrected chi connectivity index (χ3v) is 2.49. The molecule has 84 valence electrons. The Hall–Kier alpha value is -2.56. The zero-order valence-electron chi connectivity index (χ0n) is 9.01. The van der Waals surface area contributed by atoms with E-state index in [2.05, 4.69) is 20.3 Å². The average Bonchev–Trinajstić information content (AvgIpc) is 2.76. The van der Waals surface area contributed by atoms with Crippen LogP contribution >= 0.6 is 0 Å². The Morgan fingerprint density at radius 1 is 1.18 bits per heavy atom. The molecular formula is C12H11N5. The van der Waals surface area contributed by atoms with Crippen molar-refractivity contribution in [1.29, 1.82) is 0 Å². The summed E-state index contributed by atoms with van der Waals surface area (Å²) < 4.78 is 0. The minimum absolute atomic E-state index is 0.448. The van der Waals surface area contributed by atoms with Gasteiger partial charge >= 0.3 is 0 Å². The Bertz CT molecular complexity index is 659. The number of fused-ring (bicyclic) bond motifs is 1. The van der Waals surface area contributed by atoms with Gasteiger partial charge in [-0.15, -0.1) is 0 Å². The van der Waals surface area contributed by atoms with Crippen LogP contribution in [-0.2, 0) is 0 Å². The van der Waals surface area contributed by atoms with Crippen molar-refractivity contribution < 1.29 is 0 Å². The summed E-state index contributed by atoms with van der Waals surface area (Å²) in [5.74, 6) is 0.944. The van der Waals surface area contributed by atoms with Crippen molar-refractivity contribution in [3.05, 3.63) is 42.7 Å². The van der Waals surface area contributed by atoms with Crippen LogP contribution in [0.3, 0.4) is 0 Å². The summed E-state index contributed by atoms with van der Waals surface area (Å²) >= 11 is 0. The first-order valence-electron chi connectivity index (χ1n) is 5.24. The van der Waals surface area contributed by atoms with Gasteiger partial charge < -0.3 is 16.0 Å². The number of aromatic nitrogens is 3. The monoisotopic (exact) mass is 225 g/mol. The number of aromatic amines is 1. The molecule has 0 aliphatic heterocycles. The predicted octanol–water partition coefficient (Wildman–Crippen LogP) is 2.28. The first-order chi connectivity index (χ1) is 8.31. The van der Waals surface area contributed by atoms with Crippen LogP contribution in [0.25, 0.3) is 10.9 Å². The van der Waals surface area contributed by atoms with Crippen molar-refractivity contribution in [2.75, 3.05) is 11.1 Å². The van der Waals surface area contributed by atoms with Gasteiger partial charge in [0.15, 0.2) is 0 Å². The molecular weight excluding hydrogens is 214 g/mol. The van der Waals surface area contributed by atoms with Gasteiger partial charge in [-0.1, -0.05) is 6.07 Å². The van der Waals surface area contributed by atoms with Gasteiger partial charge in [-0.05, 0) is 29.7 Å². The van der Waals surface area contributed by atoms with E-state index >= 15 is 0 Å². The zero-order valence-corrected chi connectivity index (χ0v) is 9.01. The van der Waals surface area contributed by atoms with E-state index in [1.165, 1.54) is 5.39 Å². The van der Waals surface area contributed by atoms with Gasteiger partial charge in [0, 0.05) is 23.6 Å². The molecule has 2 aromatic heterocycles. The molecule has 0 spiro atoms. The lowest BCUT2D eigenvalue weighted by molar-refractivity contribution is 1.17. The van der Waals surface area contributed by atoms with Crippen LogP contribution in [0.5, 0.6) is 0 Å². The van der Waals surface area contributed by atoms with Crippen molar-refractivity contribution in [2.24, 2.45) is 0 Å². The topological polar surface area (TPSA) is 79.6 Å². The van der Waals surface area contributed by atoms with E-state index in [0.717, 1.165) is 11.2 Å². The summed E-state index contributed by atoms with van der Waals surface area (Å²) in [5.41, 5.74) is 7.58. The first kappa shape index (κ1) is 9.65. The minimum atomic E-state index is 0.448. The number of H-pyrrole nitrogens is 1. The van der Waals surface area contributed by atoms with Crippen LogP contribution in [0.1, 0.15) is 0 Å². The SMILES string of the molecule is Nc1ccnc(Nc2ccc3cc[nH]c3c2)n1. The van der Waals surface area contributed by atoms with Crippen molar-refractivity contribution in [2.45, 2.75) is 0 Å². The molecule has 0 fully saturated rings. The highest BCUT2D eigenvalue weighted by molar-refractivity contribution is 5.83. The van der Waals surface area contributed by atoms with Crippen molar-refractivity contribution in [1.82, 2.24) is 15.0 Å². The number of nitrogens with two attached hydrogens (primary N) is 1. The van der Waals surface area contributed by atoms with Crippen LogP contribution in [0.4, 0.5) is 17.5 Å². The second kappa shape index (κ2) is 3.79. The highest BCUT2D eigenvalue weighted by Gasteiger charge is 2.00. The molecule has 0 bridgehead atoms. The second-order valence-corrected chi connectivity index (χ2v) is 3.71. The second-order valence-electron chi connectivity index (χ2n) is 3.71. The van der Waals surface area contributed by atoms with Crippen molar-refractivity contribution in [3.8, 4) is 0 Å². The highest BCUT2D eigenvalue weighted by atomic mass is 15.1. The molecule has 0 saturated heterocycles. The molecule has 0 aliphatic rings. The summed E-state index contributed by atoms with van der Waals surface area (Å²) in [7, 11) is 0. The molecule has 2 heterocycles. The smallest absolute Gasteiger partial charge is 0.229 e. The largest absolute Gasteiger partial charge is 0.384 e. The molecule has 3 aromatic rings. The minimum Gasteiger partial charge on any atom is -0.384 e. The number of nitrogens with one attached hydrogen (secondary N) is 2. The number of anilines is 3.